The van der Waals surface area contributed by atoms with Crippen molar-refractivity contribution in [1.82, 2.24) is 4.90 Å². The van der Waals surface area contributed by atoms with Gasteiger partial charge in [0.1, 0.15) is 18.8 Å². The van der Waals surface area contributed by atoms with Crippen LogP contribution in [-0.4, -0.2) is 71.7 Å². The molecular formula is C23H21Cl4NO9. The predicted octanol–water partition coefficient (Wildman–Crippen LogP) is 4.03. The van der Waals surface area contributed by atoms with Gasteiger partial charge in [0.15, 0.2) is 12.2 Å². The molecule has 0 N–H and O–H groups in total. The summed E-state index contributed by atoms with van der Waals surface area (Å²) in [5.41, 5.74) is -0.591. The van der Waals surface area contributed by atoms with E-state index in [1.807, 2.05) is 0 Å². The number of hydrogen-bond acceptors (Lipinski definition) is 9. The van der Waals surface area contributed by atoms with Crippen molar-refractivity contribution in [1.29, 1.82) is 0 Å². The highest BCUT2D eigenvalue weighted by atomic mass is 35.5. The summed E-state index contributed by atoms with van der Waals surface area (Å²) in [4.78, 5) is 63.6. The third kappa shape index (κ3) is 5.58. The number of esters is 3. The Morgan fingerprint density at radius 2 is 1.32 bits per heavy atom. The molecule has 3 rings (SSSR count). The van der Waals surface area contributed by atoms with E-state index in [9.17, 15) is 24.0 Å². The molecule has 2 unspecified atom stereocenters. The van der Waals surface area contributed by atoms with Crippen LogP contribution in [0.5, 0.6) is 0 Å². The monoisotopic (exact) mass is 595 g/mol. The summed E-state index contributed by atoms with van der Waals surface area (Å²) >= 11 is 24.8. The Bertz CT molecular complexity index is 1140. The summed E-state index contributed by atoms with van der Waals surface area (Å²) in [6.45, 7) is 6.66. The van der Waals surface area contributed by atoms with Gasteiger partial charge in [0, 0.05) is 20.8 Å². The van der Waals surface area contributed by atoms with E-state index in [-0.39, 0.29) is 44.2 Å². The molecule has 5 atom stereocenters. The van der Waals surface area contributed by atoms with Crippen molar-refractivity contribution < 1.29 is 42.9 Å². The first-order chi connectivity index (χ1) is 17.3. The van der Waals surface area contributed by atoms with Gasteiger partial charge in [-0.3, -0.25) is 28.9 Å². The van der Waals surface area contributed by atoms with Crippen LogP contribution in [0.2, 0.25) is 20.1 Å². The number of hydrogen-bond donors (Lipinski definition) is 0. The molecule has 2 amide bonds. The number of rotatable bonds is 7. The Kier molecular flexibility index (Phi) is 9.13. The molecule has 0 radical (unpaired) electrons. The first-order valence-electron chi connectivity index (χ1n) is 10.8. The number of amides is 2. The molecule has 2 heterocycles. The van der Waals surface area contributed by atoms with Gasteiger partial charge in [-0.15, -0.1) is 6.58 Å². The van der Waals surface area contributed by atoms with Crippen LogP contribution < -0.4 is 0 Å². The SMILES string of the molecule is C=CC[C@@H]1OC(COC(C)=O)[C@H](OC(C)=O)C(OC(C)=O)[C@@H]1N1C(=O)c2c(Cl)c(Cl)c(Cl)c(Cl)c2C1=O. The molecule has 0 spiro atoms. The molecule has 1 saturated heterocycles. The zero-order valence-electron chi connectivity index (χ0n) is 19.7. The summed E-state index contributed by atoms with van der Waals surface area (Å²) in [5, 5.41) is -1.05. The van der Waals surface area contributed by atoms with Crippen LogP contribution in [0, 0.1) is 0 Å². The smallest absolute Gasteiger partial charge is 0.303 e. The first-order valence-corrected chi connectivity index (χ1v) is 12.3. The number of halogens is 4. The van der Waals surface area contributed by atoms with Gasteiger partial charge in [-0.05, 0) is 6.42 Å². The van der Waals surface area contributed by atoms with E-state index in [1.54, 1.807) is 0 Å². The van der Waals surface area contributed by atoms with Gasteiger partial charge in [-0.2, -0.15) is 0 Å². The number of nitrogens with zero attached hydrogens (tertiary/aromatic N) is 1. The van der Waals surface area contributed by atoms with Crippen molar-refractivity contribution in [3.05, 3.63) is 43.9 Å². The average molecular weight is 597 g/mol. The van der Waals surface area contributed by atoms with Crippen LogP contribution in [0.4, 0.5) is 0 Å². The van der Waals surface area contributed by atoms with Gasteiger partial charge >= 0.3 is 17.9 Å². The topological polar surface area (TPSA) is 126 Å². The molecule has 37 heavy (non-hydrogen) atoms. The summed E-state index contributed by atoms with van der Waals surface area (Å²) in [6, 6.07) is -1.35. The van der Waals surface area contributed by atoms with Gasteiger partial charge in [-0.25, -0.2) is 0 Å². The second-order valence-electron chi connectivity index (χ2n) is 8.16. The van der Waals surface area contributed by atoms with Crippen molar-refractivity contribution >= 4 is 76.1 Å². The molecule has 0 bridgehead atoms. The van der Waals surface area contributed by atoms with E-state index in [1.165, 1.54) is 13.0 Å². The Morgan fingerprint density at radius 3 is 1.76 bits per heavy atom. The minimum Gasteiger partial charge on any atom is -0.463 e. The molecule has 1 fully saturated rings. The van der Waals surface area contributed by atoms with Gasteiger partial charge in [0.2, 0.25) is 0 Å². The van der Waals surface area contributed by atoms with E-state index in [0.717, 1.165) is 18.7 Å². The highest BCUT2D eigenvalue weighted by Gasteiger charge is 2.57. The summed E-state index contributed by atoms with van der Waals surface area (Å²) in [5.74, 6) is -4.06. The fraction of sp³-hybridized carbons (Fsp3) is 0.435. The van der Waals surface area contributed by atoms with Crippen LogP contribution in [-0.2, 0) is 33.3 Å². The lowest BCUT2D eigenvalue weighted by Crippen LogP contribution is -2.67. The Labute approximate surface area is 231 Å². The minimum atomic E-state index is -1.44. The van der Waals surface area contributed by atoms with Crippen molar-refractivity contribution in [3.8, 4) is 0 Å². The number of fused-ring (bicyclic) bond motifs is 1. The molecule has 2 aliphatic rings. The maximum atomic E-state index is 13.6. The quantitative estimate of drug-likeness (QED) is 0.114. The summed E-state index contributed by atoms with van der Waals surface area (Å²) in [7, 11) is 0. The Hall–Kier alpha value is -2.37. The normalized spacial score (nSPS) is 24.9. The lowest BCUT2D eigenvalue weighted by atomic mass is 9.89. The number of ether oxygens (including phenoxy) is 4. The zero-order chi connectivity index (χ0) is 27.8. The maximum Gasteiger partial charge on any atom is 0.303 e. The van der Waals surface area contributed by atoms with E-state index in [2.05, 4.69) is 6.58 Å². The molecule has 10 nitrogen and oxygen atoms in total. The number of carbonyl (C=O) groups is 5. The first kappa shape index (κ1) is 29.2. The van der Waals surface area contributed by atoms with E-state index in [0.29, 0.717) is 0 Å². The van der Waals surface area contributed by atoms with Crippen LogP contribution in [0.3, 0.4) is 0 Å². The van der Waals surface area contributed by atoms with Crippen LogP contribution in [0.25, 0.3) is 0 Å². The molecule has 2 aliphatic heterocycles. The molecule has 1 aromatic carbocycles. The number of carbonyl (C=O) groups excluding carboxylic acids is 5. The second kappa shape index (κ2) is 11.6. The fourth-order valence-corrected chi connectivity index (χ4v) is 5.32. The lowest BCUT2D eigenvalue weighted by Gasteiger charge is -2.47. The third-order valence-electron chi connectivity index (χ3n) is 5.64. The third-order valence-corrected chi connectivity index (χ3v) is 7.44. The van der Waals surface area contributed by atoms with Crippen molar-refractivity contribution in [2.45, 2.75) is 57.6 Å². The number of imide groups is 1. The standard InChI is InChI=1S/C23H21Cl4NO9/c1-5-6-11-19(28-22(32)13-14(23(28)33)16(25)18(27)17(26)15(13)24)21(36-10(4)31)20(35-9(3)30)12(37-11)7-34-8(2)29/h5,11-12,19-21H,1,6-7H2,2-4H3/t11-,12?,19+,20-,21?/m0/s1. The second-order valence-corrected chi connectivity index (χ2v) is 9.68. The molecule has 0 aromatic heterocycles. The molecule has 0 aliphatic carbocycles. The minimum absolute atomic E-state index is 0.0438. The molecular weight excluding hydrogens is 576 g/mol. The van der Waals surface area contributed by atoms with E-state index in [4.69, 9.17) is 65.4 Å². The summed E-state index contributed by atoms with van der Waals surface area (Å²) < 4.78 is 22.0. The summed E-state index contributed by atoms with van der Waals surface area (Å²) in [6.07, 6.45) is -3.49. The van der Waals surface area contributed by atoms with Crippen LogP contribution >= 0.6 is 46.4 Å². The van der Waals surface area contributed by atoms with Crippen molar-refractivity contribution in [2.24, 2.45) is 0 Å². The van der Waals surface area contributed by atoms with E-state index >= 15 is 0 Å². The van der Waals surface area contributed by atoms with Gasteiger partial charge < -0.3 is 18.9 Å². The Balaban J connectivity index is 2.18. The average Bonchev–Trinajstić information content (AvgIpc) is 3.06. The highest BCUT2D eigenvalue weighted by Crippen LogP contribution is 2.46. The predicted molar refractivity (Wildman–Crippen MR) is 132 cm³/mol. The fourth-order valence-electron chi connectivity index (χ4n) is 4.31. The highest BCUT2D eigenvalue weighted by molar-refractivity contribution is 6.55. The van der Waals surface area contributed by atoms with Crippen LogP contribution in [0.1, 0.15) is 47.9 Å². The lowest BCUT2D eigenvalue weighted by molar-refractivity contribution is -0.229. The Morgan fingerprint density at radius 1 is 0.838 bits per heavy atom. The van der Waals surface area contributed by atoms with E-state index < -0.39 is 60.2 Å². The van der Waals surface area contributed by atoms with Gasteiger partial charge in [-0.1, -0.05) is 52.5 Å². The maximum absolute atomic E-state index is 13.6. The largest absolute Gasteiger partial charge is 0.463 e. The molecule has 1 aromatic rings. The number of benzene rings is 1. The zero-order valence-corrected chi connectivity index (χ0v) is 22.7. The van der Waals surface area contributed by atoms with Gasteiger partial charge in [0.05, 0.1) is 37.3 Å². The van der Waals surface area contributed by atoms with Crippen molar-refractivity contribution in [2.75, 3.05) is 6.61 Å². The molecule has 200 valence electrons. The van der Waals surface area contributed by atoms with Crippen LogP contribution in [0.15, 0.2) is 12.7 Å². The molecule has 14 heteroatoms. The molecule has 0 saturated carbocycles. The van der Waals surface area contributed by atoms with Gasteiger partial charge in [0.25, 0.3) is 11.8 Å². The van der Waals surface area contributed by atoms with Crippen molar-refractivity contribution in [3.63, 3.8) is 0 Å².